The smallest absolute Gasteiger partial charge is 0.0874 e. The lowest BCUT2D eigenvalue weighted by Crippen LogP contribution is -2.43. The molecule has 1 atom stereocenters. The summed E-state index contributed by atoms with van der Waals surface area (Å²) >= 11 is 5.81. The van der Waals surface area contributed by atoms with Gasteiger partial charge in [-0.2, -0.15) is 0 Å². The number of benzene rings is 1. The third kappa shape index (κ3) is 3.87. The maximum Gasteiger partial charge on any atom is 0.0874 e. The Hall–Kier alpha value is -0.770. The summed E-state index contributed by atoms with van der Waals surface area (Å²) < 4.78 is 5.70. The summed E-state index contributed by atoms with van der Waals surface area (Å²) in [7, 11) is 2.13. The Bertz CT molecular complexity index is 359. The fraction of sp³-hybridized carbons (Fsp3) is 0.538. The number of ether oxygens (including phenoxy) is 1. The quantitative estimate of drug-likeness (QED) is 0.834. The topological polar surface area (TPSA) is 24.5 Å². The first-order chi connectivity index (χ1) is 8.28. The van der Waals surface area contributed by atoms with Gasteiger partial charge in [-0.25, -0.2) is 0 Å². The molecule has 1 N–H and O–H groups in total. The Labute approximate surface area is 108 Å². The van der Waals surface area contributed by atoms with Crippen molar-refractivity contribution in [1.82, 2.24) is 4.90 Å². The van der Waals surface area contributed by atoms with Gasteiger partial charge in [-0.1, -0.05) is 12.1 Å². The van der Waals surface area contributed by atoms with Crippen molar-refractivity contribution in [2.24, 2.45) is 0 Å². The highest BCUT2D eigenvalue weighted by atomic mass is 35.5. The second kappa shape index (κ2) is 6.24. The number of halogens is 1. The Kier molecular flexibility index (Phi) is 4.66. The maximum absolute atomic E-state index is 5.81. The Balaban J connectivity index is 1.84. The van der Waals surface area contributed by atoms with Crippen LogP contribution in [0.5, 0.6) is 0 Å². The summed E-state index contributed by atoms with van der Waals surface area (Å²) in [5.74, 6) is 0.554. The summed E-state index contributed by atoms with van der Waals surface area (Å²) in [6, 6.07) is 8.19. The van der Waals surface area contributed by atoms with E-state index in [-0.39, 0.29) is 6.10 Å². The van der Waals surface area contributed by atoms with Gasteiger partial charge in [0, 0.05) is 31.2 Å². The fourth-order valence-electron chi connectivity index (χ4n) is 1.99. The fourth-order valence-corrected chi connectivity index (χ4v) is 2.15. The van der Waals surface area contributed by atoms with Crippen LogP contribution in [0.3, 0.4) is 0 Å². The molecule has 0 bridgehead atoms. The molecule has 1 saturated heterocycles. The lowest BCUT2D eigenvalue weighted by molar-refractivity contribution is -0.0117. The predicted molar refractivity (Wildman–Crippen MR) is 71.7 cm³/mol. The van der Waals surface area contributed by atoms with Gasteiger partial charge in [-0.15, -0.1) is 11.6 Å². The minimum absolute atomic E-state index is 0.272. The third-order valence-electron chi connectivity index (χ3n) is 2.96. The molecule has 0 spiro atoms. The van der Waals surface area contributed by atoms with E-state index in [2.05, 4.69) is 29.4 Å². The summed E-state index contributed by atoms with van der Waals surface area (Å²) in [5.41, 5.74) is 2.25. The minimum Gasteiger partial charge on any atom is -0.382 e. The van der Waals surface area contributed by atoms with E-state index in [1.807, 2.05) is 12.1 Å². The molecule has 2 rings (SSSR count). The van der Waals surface area contributed by atoms with Crippen molar-refractivity contribution in [2.45, 2.75) is 12.0 Å². The van der Waals surface area contributed by atoms with E-state index in [0.29, 0.717) is 5.88 Å². The number of nitrogens with one attached hydrogen (secondary N) is 1. The number of likely N-dealkylation sites (N-methyl/N-ethyl adjacent to an activating group) is 1. The summed E-state index contributed by atoms with van der Waals surface area (Å²) in [6.07, 6.45) is 0.272. The number of hydrogen-bond donors (Lipinski definition) is 1. The average Bonchev–Trinajstić information content (AvgIpc) is 2.37. The van der Waals surface area contributed by atoms with E-state index in [9.17, 15) is 0 Å². The molecule has 0 aliphatic carbocycles. The van der Waals surface area contributed by atoms with E-state index in [1.165, 1.54) is 0 Å². The van der Waals surface area contributed by atoms with Gasteiger partial charge in [0.25, 0.3) is 0 Å². The van der Waals surface area contributed by atoms with Crippen molar-refractivity contribution in [3.05, 3.63) is 29.8 Å². The Morgan fingerprint density at radius 3 is 3.18 bits per heavy atom. The van der Waals surface area contributed by atoms with Crippen molar-refractivity contribution in [2.75, 3.05) is 38.6 Å². The molecule has 1 fully saturated rings. The molecular weight excluding hydrogens is 236 g/mol. The van der Waals surface area contributed by atoms with Gasteiger partial charge < -0.3 is 15.0 Å². The lowest BCUT2D eigenvalue weighted by Gasteiger charge is -2.30. The number of hydrogen-bond acceptors (Lipinski definition) is 3. The number of rotatable bonds is 4. The molecule has 94 valence electrons. The minimum atomic E-state index is 0.272. The summed E-state index contributed by atoms with van der Waals surface area (Å²) in [6.45, 7) is 3.68. The Morgan fingerprint density at radius 2 is 2.41 bits per heavy atom. The standard InChI is InChI=1S/C13H19ClN2O/c1-16-5-6-17-13(10-16)9-15-12-4-2-3-11(7-12)8-14/h2-4,7,13,15H,5-6,8-10H2,1H3. The molecule has 1 unspecified atom stereocenters. The first-order valence-corrected chi connectivity index (χ1v) is 6.50. The van der Waals surface area contributed by atoms with Gasteiger partial charge in [0.2, 0.25) is 0 Å². The number of anilines is 1. The highest BCUT2D eigenvalue weighted by Crippen LogP contribution is 2.13. The van der Waals surface area contributed by atoms with E-state index in [1.54, 1.807) is 0 Å². The van der Waals surface area contributed by atoms with Crippen molar-refractivity contribution in [3.63, 3.8) is 0 Å². The zero-order valence-corrected chi connectivity index (χ0v) is 10.9. The molecule has 0 saturated carbocycles. The number of alkyl halides is 1. The zero-order chi connectivity index (χ0) is 12.1. The molecule has 1 aliphatic rings. The van der Waals surface area contributed by atoms with Crippen LogP contribution >= 0.6 is 11.6 Å². The Morgan fingerprint density at radius 1 is 1.53 bits per heavy atom. The first kappa shape index (κ1) is 12.7. The highest BCUT2D eigenvalue weighted by molar-refractivity contribution is 6.17. The average molecular weight is 255 g/mol. The van der Waals surface area contributed by atoms with Crippen LogP contribution in [-0.4, -0.2) is 44.3 Å². The van der Waals surface area contributed by atoms with Crippen molar-refractivity contribution < 1.29 is 4.74 Å². The second-order valence-electron chi connectivity index (χ2n) is 4.47. The van der Waals surface area contributed by atoms with Gasteiger partial charge in [0.1, 0.15) is 0 Å². The third-order valence-corrected chi connectivity index (χ3v) is 3.27. The van der Waals surface area contributed by atoms with Gasteiger partial charge in [-0.05, 0) is 24.7 Å². The van der Waals surface area contributed by atoms with Gasteiger partial charge in [0.05, 0.1) is 12.7 Å². The van der Waals surface area contributed by atoms with Crippen molar-refractivity contribution in [3.8, 4) is 0 Å². The SMILES string of the molecule is CN1CCOC(CNc2cccc(CCl)c2)C1. The van der Waals surface area contributed by atoms with Crippen LogP contribution in [0.1, 0.15) is 5.56 Å². The monoisotopic (exact) mass is 254 g/mol. The van der Waals surface area contributed by atoms with E-state index in [0.717, 1.165) is 37.5 Å². The molecule has 4 heteroatoms. The van der Waals surface area contributed by atoms with E-state index in [4.69, 9.17) is 16.3 Å². The molecule has 1 aliphatic heterocycles. The molecule has 0 radical (unpaired) electrons. The van der Waals surface area contributed by atoms with Gasteiger partial charge >= 0.3 is 0 Å². The van der Waals surface area contributed by atoms with E-state index >= 15 is 0 Å². The summed E-state index contributed by atoms with van der Waals surface area (Å²) in [5, 5.41) is 3.40. The highest BCUT2D eigenvalue weighted by Gasteiger charge is 2.16. The van der Waals surface area contributed by atoms with Crippen molar-refractivity contribution in [1.29, 1.82) is 0 Å². The molecular formula is C13H19ClN2O. The van der Waals surface area contributed by atoms with E-state index < -0.39 is 0 Å². The molecule has 0 aromatic heterocycles. The molecule has 3 nitrogen and oxygen atoms in total. The summed E-state index contributed by atoms with van der Waals surface area (Å²) in [4.78, 5) is 2.30. The zero-order valence-electron chi connectivity index (χ0n) is 10.2. The van der Waals surface area contributed by atoms with Crippen LogP contribution in [0.25, 0.3) is 0 Å². The predicted octanol–water partition coefficient (Wildman–Crippen LogP) is 2.17. The largest absolute Gasteiger partial charge is 0.382 e. The van der Waals surface area contributed by atoms with Gasteiger partial charge in [0.15, 0.2) is 0 Å². The molecule has 1 aromatic carbocycles. The lowest BCUT2D eigenvalue weighted by atomic mass is 10.2. The number of morpholine rings is 1. The van der Waals surface area contributed by atoms with Crippen LogP contribution in [-0.2, 0) is 10.6 Å². The number of nitrogens with zero attached hydrogens (tertiary/aromatic N) is 1. The molecule has 1 aromatic rings. The maximum atomic E-state index is 5.81. The molecule has 17 heavy (non-hydrogen) atoms. The molecule has 0 amide bonds. The van der Waals surface area contributed by atoms with Gasteiger partial charge in [-0.3, -0.25) is 0 Å². The van der Waals surface area contributed by atoms with Crippen LogP contribution in [0.2, 0.25) is 0 Å². The molecule has 1 heterocycles. The first-order valence-electron chi connectivity index (χ1n) is 5.97. The van der Waals surface area contributed by atoms with Crippen molar-refractivity contribution >= 4 is 17.3 Å². The normalized spacial score (nSPS) is 21.4. The van der Waals surface area contributed by atoms with Crippen LogP contribution < -0.4 is 5.32 Å². The van der Waals surface area contributed by atoms with Crippen LogP contribution in [0, 0.1) is 0 Å². The second-order valence-corrected chi connectivity index (χ2v) is 4.74. The van der Waals surface area contributed by atoms with Crippen LogP contribution in [0.15, 0.2) is 24.3 Å². The van der Waals surface area contributed by atoms with Crippen LogP contribution in [0.4, 0.5) is 5.69 Å².